The van der Waals surface area contributed by atoms with Crippen molar-refractivity contribution >= 4 is 35.8 Å². The van der Waals surface area contributed by atoms with Gasteiger partial charge in [0.15, 0.2) is 0 Å². The summed E-state index contributed by atoms with van der Waals surface area (Å²) in [5, 5.41) is 8.61. The largest absolute Gasteiger partial charge is 0.487 e. The van der Waals surface area contributed by atoms with Crippen molar-refractivity contribution in [3.05, 3.63) is 114 Å². The van der Waals surface area contributed by atoms with Crippen LogP contribution in [0.1, 0.15) is 43.4 Å². The molecule has 46 heavy (non-hydrogen) atoms. The van der Waals surface area contributed by atoms with Crippen LogP contribution < -0.4 is 20.7 Å². The van der Waals surface area contributed by atoms with E-state index in [1.165, 1.54) is 11.0 Å². The Morgan fingerprint density at radius 2 is 1.65 bits per heavy atom. The fraction of sp³-hybridized carbons (Fsp3) is 0.297. The molecule has 4 unspecified atom stereocenters. The lowest BCUT2D eigenvalue weighted by molar-refractivity contribution is -0.139. The quantitative estimate of drug-likeness (QED) is 0.344. The second-order valence-corrected chi connectivity index (χ2v) is 11.9. The second kappa shape index (κ2) is 15.2. The van der Waals surface area contributed by atoms with Crippen molar-refractivity contribution < 1.29 is 23.9 Å². The molecule has 1 fully saturated rings. The van der Waals surface area contributed by atoms with Gasteiger partial charge in [-0.2, -0.15) is 0 Å². The van der Waals surface area contributed by atoms with Gasteiger partial charge in [0.25, 0.3) is 0 Å². The lowest BCUT2D eigenvalue weighted by Gasteiger charge is -2.33. The molecule has 6 rings (SSSR count). The Kier molecular flexibility index (Phi) is 10.7. The molecule has 0 aromatic heterocycles. The number of ether oxygens (including phenoxy) is 1. The van der Waals surface area contributed by atoms with Gasteiger partial charge in [-0.15, -0.1) is 0 Å². The molecule has 3 aliphatic rings. The van der Waals surface area contributed by atoms with E-state index in [4.69, 9.17) is 4.74 Å². The molecule has 3 aromatic carbocycles. The van der Waals surface area contributed by atoms with E-state index in [0.717, 1.165) is 16.7 Å². The predicted octanol–water partition coefficient (Wildman–Crippen LogP) is 4.11. The van der Waals surface area contributed by atoms with E-state index in [1.807, 2.05) is 86.6 Å². The van der Waals surface area contributed by atoms with Crippen LogP contribution in [0.15, 0.2) is 97.2 Å². The minimum Gasteiger partial charge on any atom is -0.487 e. The topological polar surface area (TPSA) is 117 Å². The van der Waals surface area contributed by atoms with Gasteiger partial charge in [-0.05, 0) is 59.7 Å². The molecule has 3 aromatic rings. The first kappa shape index (κ1) is 32.2. The third kappa shape index (κ3) is 8.29. The summed E-state index contributed by atoms with van der Waals surface area (Å²) in [5.74, 6) is -1.35. The number of amides is 4. The molecule has 0 radical (unpaired) electrons. The first-order valence-electron chi connectivity index (χ1n) is 15.7. The minimum absolute atomic E-state index is 0.208. The van der Waals surface area contributed by atoms with Gasteiger partial charge in [-0.3, -0.25) is 19.2 Å². The summed E-state index contributed by atoms with van der Waals surface area (Å²) in [7, 11) is 0. The van der Waals surface area contributed by atoms with Gasteiger partial charge in [-0.1, -0.05) is 86.6 Å². The average Bonchev–Trinajstić information content (AvgIpc) is 3.56. The molecule has 9 nitrogen and oxygen atoms in total. The van der Waals surface area contributed by atoms with Crippen LogP contribution >= 0.6 is 0 Å². The van der Waals surface area contributed by atoms with Gasteiger partial charge < -0.3 is 25.6 Å². The third-order valence-corrected chi connectivity index (χ3v) is 8.19. The van der Waals surface area contributed by atoms with Crippen molar-refractivity contribution in [2.75, 3.05) is 6.54 Å². The van der Waals surface area contributed by atoms with Crippen molar-refractivity contribution in [3.63, 3.8) is 0 Å². The monoisotopic (exact) mass is 620 g/mol. The highest BCUT2D eigenvalue weighted by Gasteiger charge is 2.40. The summed E-state index contributed by atoms with van der Waals surface area (Å²) in [4.78, 5) is 56.1. The zero-order valence-electron chi connectivity index (χ0n) is 26.1. The zero-order chi connectivity index (χ0) is 32.5. The Balaban J connectivity index is 1.42. The van der Waals surface area contributed by atoms with Crippen LogP contribution in [0.2, 0.25) is 0 Å². The molecule has 238 valence electrons. The predicted molar refractivity (Wildman–Crippen MR) is 177 cm³/mol. The highest BCUT2D eigenvalue weighted by molar-refractivity contribution is 5.98. The average molecular weight is 621 g/mol. The lowest BCUT2D eigenvalue weighted by Crippen LogP contribution is -2.62. The Bertz CT molecular complexity index is 1570. The number of carbonyl (C=O) groups excluding carboxylic acids is 4. The highest BCUT2D eigenvalue weighted by Crippen LogP contribution is 2.23. The molecule has 3 heterocycles. The third-order valence-electron chi connectivity index (χ3n) is 8.19. The normalized spacial score (nSPS) is 21.8. The van der Waals surface area contributed by atoms with Crippen molar-refractivity contribution in [1.29, 1.82) is 0 Å². The molecule has 4 atom stereocenters. The number of nitrogens with zero attached hydrogens (tertiary/aromatic N) is 1. The zero-order valence-corrected chi connectivity index (χ0v) is 26.1. The molecular weight excluding hydrogens is 580 g/mol. The van der Waals surface area contributed by atoms with Crippen LogP contribution in [-0.4, -0.2) is 59.3 Å². The first-order chi connectivity index (χ1) is 22.3. The fourth-order valence-corrected chi connectivity index (χ4v) is 5.72. The van der Waals surface area contributed by atoms with Gasteiger partial charge in [0.2, 0.25) is 23.6 Å². The number of carbonyl (C=O) groups is 4. The second-order valence-electron chi connectivity index (χ2n) is 11.9. The number of hydrogen-bond acceptors (Lipinski definition) is 5. The van der Waals surface area contributed by atoms with E-state index in [9.17, 15) is 19.2 Å². The number of benzene rings is 3. The molecule has 3 N–H and O–H groups in total. The highest BCUT2D eigenvalue weighted by atomic mass is 16.5. The Labute approximate surface area is 269 Å². The Morgan fingerprint density at radius 3 is 2.35 bits per heavy atom. The van der Waals surface area contributed by atoms with E-state index in [-0.39, 0.29) is 18.2 Å². The summed E-state index contributed by atoms with van der Waals surface area (Å²) in [6.07, 6.45) is 7.09. The molecule has 0 saturated carbocycles. The summed E-state index contributed by atoms with van der Waals surface area (Å²) in [5.41, 5.74) is 2.59. The fourth-order valence-electron chi connectivity index (χ4n) is 5.72. The molecule has 4 amide bonds. The van der Waals surface area contributed by atoms with Crippen LogP contribution in [0.5, 0.6) is 5.75 Å². The molecule has 9 heteroatoms. The summed E-state index contributed by atoms with van der Waals surface area (Å²) in [6, 6.07) is 23.3. The number of likely N-dealkylation sites (tertiary alicyclic amines) is 1. The maximum atomic E-state index is 14.1. The van der Waals surface area contributed by atoms with Crippen LogP contribution in [0.3, 0.4) is 0 Å². The Morgan fingerprint density at radius 1 is 0.957 bits per heavy atom. The van der Waals surface area contributed by atoms with E-state index in [1.54, 1.807) is 30.5 Å². The molecule has 2 bridgehead atoms. The Hall–Kier alpha value is -5.18. The number of hydrogen-bond donors (Lipinski definition) is 3. The molecular formula is C37H40N4O5. The molecule has 1 saturated heterocycles. The van der Waals surface area contributed by atoms with E-state index < -0.39 is 42.0 Å². The van der Waals surface area contributed by atoms with Crippen molar-refractivity contribution in [2.45, 2.75) is 57.3 Å². The van der Waals surface area contributed by atoms with Crippen LogP contribution in [0.25, 0.3) is 12.2 Å². The molecule has 3 aliphatic heterocycles. The first-order valence-corrected chi connectivity index (χ1v) is 15.7. The van der Waals surface area contributed by atoms with Crippen molar-refractivity contribution in [3.8, 4) is 5.75 Å². The van der Waals surface area contributed by atoms with Gasteiger partial charge in [0, 0.05) is 25.2 Å². The molecule has 0 spiro atoms. The lowest BCUT2D eigenvalue weighted by atomic mass is 9.96. The minimum atomic E-state index is -1.16. The summed E-state index contributed by atoms with van der Waals surface area (Å²) < 4.78 is 6.37. The van der Waals surface area contributed by atoms with E-state index in [0.29, 0.717) is 25.1 Å². The van der Waals surface area contributed by atoms with Gasteiger partial charge >= 0.3 is 0 Å². The van der Waals surface area contributed by atoms with Crippen LogP contribution in [0, 0.1) is 5.92 Å². The van der Waals surface area contributed by atoms with Crippen LogP contribution in [-0.2, 0) is 25.6 Å². The number of rotatable bonds is 7. The smallest absolute Gasteiger partial charge is 0.247 e. The van der Waals surface area contributed by atoms with Gasteiger partial charge in [0.1, 0.15) is 30.0 Å². The van der Waals surface area contributed by atoms with Crippen molar-refractivity contribution in [1.82, 2.24) is 20.9 Å². The maximum absolute atomic E-state index is 14.1. The van der Waals surface area contributed by atoms with Gasteiger partial charge in [0.05, 0.1) is 0 Å². The SMILES string of the molecule is CC(C)C1Oc2ccc(cc2)C=CNC(=O)C(Cc2ccccc2)NC(=O)C1NC(=O)C1CCCN1C(=O)C=Cc1ccccc1. The van der Waals surface area contributed by atoms with E-state index in [2.05, 4.69) is 16.0 Å². The van der Waals surface area contributed by atoms with Crippen LogP contribution in [0.4, 0.5) is 0 Å². The van der Waals surface area contributed by atoms with Crippen molar-refractivity contribution in [2.24, 2.45) is 5.92 Å². The summed E-state index contributed by atoms with van der Waals surface area (Å²) >= 11 is 0. The maximum Gasteiger partial charge on any atom is 0.247 e. The van der Waals surface area contributed by atoms with Gasteiger partial charge in [-0.25, -0.2) is 0 Å². The van der Waals surface area contributed by atoms with E-state index >= 15 is 0 Å². The standard InChI is InChI=1S/C37H40N4O5/c1-25(2)34-33(40-36(44)31-14-9-23-41(31)32(42)20-17-26-10-5-3-6-11-26)37(45)39-30(24-28-12-7-4-8-13-28)35(43)38-22-21-27-15-18-29(46-34)19-16-27/h3-8,10-13,15-22,25,30-31,33-34H,9,14,23-24H2,1-2H3,(H,38,43)(H,39,45)(H,40,44). The number of fused-ring (bicyclic) bond motifs is 10. The number of nitrogens with one attached hydrogen (secondary N) is 3. The molecule has 0 aliphatic carbocycles. The summed E-state index contributed by atoms with van der Waals surface area (Å²) in [6.45, 7) is 4.24.